The summed E-state index contributed by atoms with van der Waals surface area (Å²) in [4.78, 5) is 15.3. The van der Waals surface area contributed by atoms with Crippen LogP contribution in [0.5, 0.6) is 0 Å². The minimum absolute atomic E-state index is 0.627. The minimum atomic E-state index is 0.627. The van der Waals surface area contributed by atoms with Crippen LogP contribution in [0.4, 0.5) is 0 Å². The molecule has 298 valence electrons. The number of benzene rings is 10. The predicted molar refractivity (Wildman–Crippen MR) is 265 cm³/mol. The second kappa shape index (κ2) is 14.5. The maximum Gasteiger partial charge on any atom is 0.164 e. The van der Waals surface area contributed by atoms with Gasteiger partial charge in [0.2, 0.25) is 0 Å². The van der Waals surface area contributed by atoms with Crippen LogP contribution in [-0.2, 0) is 0 Å². The van der Waals surface area contributed by atoms with Gasteiger partial charge in [-0.15, -0.1) is 0 Å². The molecule has 3 aromatic heterocycles. The SMILES string of the molecule is c1ccc(-c2cccc(-c3nc(-c4ccccc4)nc(-c4ccc5c(-n6c7ccccc7c7cc8c9ccc%10ccccc%10c9n(-c9ccccc9)c8cc76)cccc5c4)n3)c2)cc1. The van der Waals surface area contributed by atoms with Gasteiger partial charge in [0, 0.05) is 54.7 Å². The molecule has 5 nitrogen and oxygen atoms in total. The summed E-state index contributed by atoms with van der Waals surface area (Å²) in [6, 6.07) is 79.9. The van der Waals surface area contributed by atoms with E-state index in [4.69, 9.17) is 15.0 Å². The topological polar surface area (TPSA) is 48.5 Å². The summed E-state index contributed by atoms with van der Waals surface area (Å²) >= 11 is 0. The van der Waals surface area contributed by atoms with Crippen molar-refractivity contribution in [1.29, 1.82) is 0 Å². The van der Waals surface area contributed by atoms with Crippen molar-refractivity contribution >= 4 is 65.2 Å². The quantitative estimate of drug-likeness (QED) is 0.168. The van der Waals surface area contributed by atoms with Crippen LogP contribution >= 0.6 is 0 Å². The molecule has 0 aliphatic rings. The Kier molecular flexibility index (Phi) is 8.15. The van der Waals surface area contributed by atoms with Crippen LogP contribution in [0.15, 0.2) is 224 Å². The van der Waals surface area contributed by atoms with Crippen LogP contribution in [0.3, 0.4) is 0 Å². The van der Waals surface area contributed by atoms with Crippen LogP contribution < -0.4 is 0 Å². The number of para-hydroxylation sites is 2. The van der Waals surface area contributed by atoms with Gasteiger partial charge in [-0.05, 0) is 70.4 Å². The number of aromatic nitrogens is 5. The summed E-state index contributed by atoms with van der Waals surface area (Å²) in [6.07, 6.45) is 0. The van der Waals surface area contributed by atoms with Crippen LogP contribution in [0.25, 0.3) is 122 Å². The first kappa shape index (κ1) is 36.0. The lowest BCUT2D eigenvalue weighted by molar-refractivity contribution is 1.07. The molecule has 0 N–H and O–H groups in total. The lowest BCUT2D eigenvalue weighted by Crippen LogP contribution is -2.00. The van der Waals surface area contributed by atoms with Gasteiger partial charge in [-0.25, -0.2) is 15.0 Å². The molecule has 0 saturated heterocycles. The molecule has 0 aliphatic heterocycles. The number of hydrogen-bond acceptors (Lipinski definition) is 3. The molecule has 0 amide bonds. The molecule has 0 atom stereocenters. The van der Waals surface area contributed by atoms with Gasteiger partial charge < -0.3 is 9.13 Å². The standard InChI is InChI=1S/C59H37N5/c1-4-16-38(17-5-1)41-21-14-23-43(34-41)58-60-57(40-19-6-2-7-20-40)61-59(62-58)44-31-32-46-42(35-44)22-15-29-52(46)64-53-28-13-12-27-48(53)50-36-51-49-33-30-39-18-10-11-26-47(39)56(49)63(54(51)37-55(50)64)45-24-8-3-9-25-45/h1-37H. The summed E-state index contributed by atoms with van der Waals surface area (Å²) in [5.74, 6) is 1.90. The highest BCUT2D eigenvalue weighted by molar-refractivity contribution is 6.23. The van der Waals surface area contributed by atoms with Gasteiger partial charge >= 0.3 is 0 Å². The largest absolute Gasteiger partial charge is 0.309 e. The molecule has 10 aromatic carbocycles. The molecule has 0 spiro atoms. The molecule has 0 fully saturated rings. The van der Waals surface area contributed by atoms with Gasteiger partial charge in [-0.3, -0.25) is 0 Å². The second-order valence-electron chi connectivity index (χ2n) is 16.4. The van der Waals surface area contributed by atoms with E-state index in [9.17, 15) is 0 Å². The molecule has 13 aromatic rings. The van der Waals surface area contributed by atoms with Crippen molar-refractivity contribution in [3.63, 3.8) is 0 Å². The summed E-state index contributed by atoms with van der Waals surface area (Å²) in [7, 11) is 0. The van der Waals surface area contributed by atoms with E-state index in [2.05, 4.69) is 209 Å². The van der Waals surface area contributed by atoms with Gasteiger partial charge in [0.1, 0.15) is 0 Å². The first-order chi connectivity index (χ1) is 31.7. The highest BCUT2D eigenvalue weighted by atomic mass is 15.0. The Labute approximate surface area is 368 Å². The molecule has 5 heteroatoms. The maximum atomic E-state index is 5.16. The van der Waals surface area contributed by atoms with Gasteiger partial charge in [0.05, 0.1) is 27.8 Å². The summed E-state index contributed by atoms with van der Waals surface area (Å²) in [6.45, 7) is 0. The average Bonchev–Trinajstić information content (AvgIpc) is 3.88. The van der Waals surface area contributed by atoms with Gasteiger partial charge in [0.25, 0.3) is 0 Å². The normalized spacial score (nSPS) is 11.8. The zero-order valence-electron chi connectivity index (χ0n) is 34.6. The molecule has 0 unspecified atom stereocenters. The predicted octanol–water partition coefficient (Wildman–Crippen LogP) is 15.0. The molecular weight excluding hydrogens is 779 g/mol. The Bertz CT molecular complexity index is 3940. The molecule has 0 saturated carbocycles. The highest BCUT2D eigenvalue weighted by Crippen LogP contribution is 2.42. The average molecular weight is 816 g/mol. The lowest BCUT2D eigenvalue weighted by atomic mass is 10.0. The van der Waals surface area contributed by atoms with E-state index in [1.54, 1.807) is 0 Å². The number of hydrogen-bond donors (Lipinski definition) is 0. The van der Waals surface area contributed by atoms with Gasteiger partial charge in [0.15, 0.2) is 17.5 Å². The van der Waals surface area contributed by atoms with Crippen LogP contribution in [0.1, 0.15) is 0 Å². The first-order valence-corrected chi connectivity index (χ1v) is 21.7. The molecule has 13 rings (SSSR count). The summed E-state index contributed by atoms with van der Waals surface area (Å²) in [5, 5.41) is 9.63. The van der Waals surface area contributed by atoms with Crippen molar-refractivity contribution in [3.8, 4) is 56.7 Å². The van der Waals surface area contributed by atoms with E-state index < -0.39 is 0 Å². The summed E-state index contributed by atoms with van der Waals surface area (Å²) < 4.78 is 4.90. The van der Waals surface area contributed by atoms with Crippen LogP contribution in [0.2, 0.25) is 0 Å². The number of fused-ring (bicyclic) bond motifs is 9. The molecule has 0 aliphatic carbocycles. The fourth-order valence-corrected chi connectivity index (χ4v) is 9.76. The summed E-state index contributed by atoms with van der Waals surface area (Å²) in [5.41, 5.74) is 12.0. The lowest BCUT2D eigenvalue weighted by Gasteiger charge is -2.14. The Morgan fingerprint density at radius 3 is 1.62 bits per heavy atom. The fraction of sp³-hybridized carbons (Fsp3) is 0. The van der Waals surface area contributed by atoms with Crippen molar-refractivity contribution < 1.29 is 0 Å². The minimum Gasteiger partial charge on any atom is -0.309 e. The first-order valence-electron chi connectivity index (χ1n) is 21.7. The Hall–Kier alpha value is -8.67. The van der Waals surface area contributed by atoms with Gasteiger partial charge in [-0.2, -0.15) is 0 Å². The van der Waals surface area contributed by atoms with E-state index in [0.717, 1.165) is 61.0 Å². The van der Waals surface area contributed by atoms with Gasteiger partial charge in [-0.1, -0.05) is 176 Å². The van der Waals surface area contributed by atoms with Crippen molar-refractivity contribution in [2.24, 2.45) is 0 Å². The van der Waals surface area contributed by atoms with E-state index in [0.29, 0.717) is 17.5 Å². The Balaban J connectivity index is 1.01. The third kappa shape index (κ3) is 5.75. The Morgan fingerprint density at radius 2 is 0.828 bits per heavy atom. The van der Waals surface area contributed by atoms with Crippen LogP contribution in [0, 0.1) is 0 Å². The monoisotopic (exact) mass is 815 g/mol. The third-order valence-corrected chi connectivity index (χ3v) is 12.7. The number of nitrogens with zero attached hydrogens (tertiary/aromatic N) is 5. The van der Waals surface area contributed by atoms with E-state index in [1.807, 2.05) is 24.3 Å². The van der Waals surface area contributed by atoms with Crippen molar-refractivity contribution in [1.82, 2.24) is 24.1 Å². The number of rotatable bonds is 6. The van der Waals surface area contributed by atoms with Crippen molar-refractivity contribution in [2.75, 3.05) is 0 Å². The zero-order valence-corrected chi connectivity index (χ0v) is 34.6. The maximum absolute atomic E-state index is 5.16. The molecule has 3 heterocycles. The third-order valence-electron chi connectivity index (χ3n) is 12.7. The zero-order chi connectivity index (χ0) is 42.1. The highest BCUT2D eigenvalue weighted by Gasteiger charge is 2.21. The van der Waals surface area contributed by atoms with E-state index >= 15 is 0 Å². The molecule has 0 bridgehead atoms. The molecular formula is C59H37N5. The molecule has 64 heavy (non-hydrogen) atoms. The molecule has 0 radical (unpaired) electrons. The van der Waals surface area contributed by atoms with Crippen molar-refractivity contribution in [2.45, 2.75) is 0 Å². The van der Waals surface area contributed by atoms with E-state index in [1.165, 1.54) is 43.4 Å². The second-order valence-corrected chi connectivity index (χ2v) is 16.4. The Morgan fingerprint density at radius 1 is 0.266 bits per heavy atom. The van der Waals surface area contributed by atoms with Crippen LogP contribution in [-0.4, -0.2) is 24.1 Å². The fourth-order valence-electron chi connectivity index (χ4n) is 9.76. The van der Waals surface area contributed by atoms with E-state index in [-0.39, 0.29) is 0 Å². The van der Waals surface area contributed by atoms with Crippen molar-refractivity contribution in [3.05, 3.63) is 224 Å². The smallest absolute Gasteiger partial charge is 0.164 e.